The smallest absolute Gasteiger partial charge is 0.321 e. The Bertz CT molecular complexity index is 619. The number of rotatable bonds is 5. The first-order valence-electron chi connectivity index (χ1n) is 5.30. The summed E-state index contributed by atoms with van der Waals surface area (Å²) in [6, 6.07) is 2.77. The van der Waals surface area contributed by atoms with E-state index in [1.807, 2.05) is 0 Å². The second-order valence-electron chi connectivity index (χ2n) is 3.76. The highest BCUT2D eigenvalue weighted by Gasteiger charge is 2.28. The van der Waals surface area contributed by atoms with Gasteiger partial charge in [-0.1, -0.05) is 11.6 Å². The summed E-state index contributed by atoms with van der Waals surface area (Å²) in [5.41, 5.74) is 0. The number of ether oxygens (including phenoxy) is 2. The zero-order chi connectivity index (χ0) is 15.5. The van der Waals surface area contributed by atoms with Gasteiger partial charge in [0.25, 0.3) is 0 Å². The third-order valence-corrected chi connectivity index (χ3v) is 5.06. The SMILES string of the molecule is COC(=O)CN(C)S(=O)(=O)c1cc(Cl)cc(Br)c1OC. The fourth-order valence-corrected chi connectivity index (χ4v) is 3.91. The molecule has 0 aliphatic rings. The molecule has 0 amide bonds. The number of halogens is 2. The van der Waals surface area contributed by atoms with E-state index in [4.69, 9.17) is 16.3 Å². The van der Waals surface area contributed by atoms with Crippen LogP contribution in [0.3, 0.4) is 0 Å². The molecule has 1 rings (SSSR count). The Labute approximate surface area is 130 Å². The van der Waals surface area contributed by atoms with Crippen molar-refractivity contribution in [1.29, 1.82) is 0 Å². The minimum Gasteiger partial charge on any atom is -0.494 e. The van der Waals surface area contributed by atoms with E-state index in [9.17, 15) is 13.2 Å². The number of benzene rings is 1. The van der Waals surface area contributed by atoms with Crippen LogP contribution in [-0.2, 0) is 19.6 Å². The van der Waals surface area contributed by atoms with Gasteiger partial charge < -0.3 is 9.47 Å². The van der Waals surface area contributed by atoms with Crippen molar-refractivity contribution >= 4 is 43.5 Å². The van der Waals surface area contributed by atoms with E-state index >= 15 is 0 Å². The molecule has 0 heterocycles. The highest BCUT2D eigenvalue weighted by Crippen LogP contribution is 2.36. The summed E-state index contributed by atoms with van der Waals surface area (Å²) >= 11 is 9.04. The standard InChI is InChI=1S/C11H13BrClNO5S/c1-14(6-10(15)18-2)20(16,17)9-5-7(13)4-8(12)11(9)19-3/h4-5H,6H2,1-3H3. The van der Waals surface area contributed by atoms with Gasteiger partial charge >= 0.3 is 5.97 Å². The lowest BCUT2D eigenvalue weighted by Gasteiger charge is -2.18. The van der Waals surface area contributed by atoms with Crippen molar-refractivity contribution in [2.24, 2.45) is 0 Å². The first-order chi connectivity index (χ1) is 9.23. The van der Waals surface area contributed by atoms with Crippen molar-refractivity contribution in [2.75, 3.05) is 27.8 Å². The van der Waals surface area contributed by atoms with Crippen molar-refractivity contribution in [3.8, 4) is 5.75 Å². The normalized spacial score (nSPS) is 11.5. The summed E-state index contributed by atoms with van der Waals surface area (Å²) in [4.78, 5) is 11.1. The first-order valence-corrected chi connectivity index (χ1v) is 7.91. The summed E-state index contributed by atoms with van der Waals surface area (Å²) in [5, 5.41) is 0.225. The maximum absolute atomic E-state index is 12.4. The monoisotopic (exact) mass is 385 g/mol. The number of methoxy groups -OCH3 is 2. The number of esters is 1. The molecule has 20 heavy (non-hydrogen) atoms. The van der Waals surface area contributed by atoms with Crippen molar-refractivity contribution in [3.63, 3.8) is 0 Å². The number of likely N-dealkylation sites (N-methyl/N-ethyl adjacent to an activating group) is 1. The van der Waals surface area contributed by atoms with Crippen LogP contribution in [0.25, 0.3) is 0 Å². The highest BCUT2D eigenvalue weighted by molar-refractivity contribution is 9.10. The molecule has 1 aromatic carbocycles. The van der Waals surface area contributed by atoms with Crippen LogP contribution in [0.15, 0.2) is 21.5 Å². The molecule has 0 radical (unpaired) electrons. The summed E-state index contributed by atoms with van der Waals surface area (Å²) in [6.45, 7) is -0.411. The van der Waals surface area contributed by atoms with Gasteiger partial charge in [0.1, 0.15) is 11.4 Å². The molecule has 0 bridgehead atoms. The van der Waals surface area contributed by atoms with Crippen molar-refractivity contribution in [3.05, 3.63) is 21.6 Å². The number of carbonyl (C=O) groups excluding carboxylic acids is 1. The fourth-order valence-electron chi connectivity index (χ4n) is 1.43. The number of carbonyl (C=O) groups is 1. The van der Waals surface area contributed by atoms with Gasteiger partial charge in [0.2, 0.25) is 10.0 Å². The maximum atomic E-state index is 12.4. The highest BCUT2D eigenvalue weighted by atomic mass is 79.9. The van der Waals surface area contributed by atoms with Gasteiger partial charge in [-0.15, -0.1) is 0 Å². The quantitative estimate of drug-likeness (QED) is 0.723. The van der Waals surface area contributed by atoms with Gasteiger partial charge in [-0.25, -0.2) is 8.42 Å². The lowest BCUT2D eigenvalue weighted by Crippen LogP contribution is -2.33. The van der Waals surface area contributed by atoms with Crippen LogP contribution in [0, 0.1) is 0 Å². The van der Waals surface area contributed by atoms with Gasteiger partial charge in [0, 0.05) is 12.1 Å². The van der Waals surface area contributed by atoms with Gasteiger partial charge in [-0.3, -0.25) is 4.79 Å². The number of hydrogen-bond donors (Lipinski definition) is 0. The third kappa shape index (κ3) is 3.63. The summed E-state index contributed by atoms with van der Waals surface area (Å²) in [7, 11) is -0.154. The van der Waals surface area contributed by atoms with E-state index < -0.39 is 22.5 Å². The van der Waals surface area contributed by atoms with Crippen LogP contribution >= 0.6 is 27.5 Å². The van der Waals surface area contributed by atoms with E-state index in [1.54, 1.807) is 0 Å². The predicted molar refractivity (Wildman–Crippen MR) is 77.5 cm³/mol. The van der Waals surface area contributed by atoms with Gasteiger partial charge in [-0.2, -0.15) is 4.31 Å². The molecular formula is C11H13BrClNO5S. The first kappa shape index (κ1) is 17.2. The summed E-state index contributed by atoms with van der Waals surface area (Å²) in [5.74, 6) is -0.553. The second-order valence-corrected chi connectivity index (χ2v) is 7.06. The molecule has 0 fully saturated rings. The van der Waals surface area contributed by atoms with Crippen LogP contribution in [0.1, 0.15) is 0 Å². The Balaban J connectivity index is 3.31. The number of nitrogens with zero attached hydrogens (tertiary/aromatic N) is 1. The van der Waals surface area contributed by atoms with E-state index in [1.165, 1.54) is 33.4 Å². The topological polar surface area (TPSA) is 72.9 Å². The van der Waals surface area contributed by atoms with Crippen molar-refractivity contribution in [2.45, 2.75) is 4.90 Å². The van der Waals surface area contributed by atoms with Crippen LogP contribution in [0.2, 0.25) is 5.02 Å². The minimum absolute atomic E-state index is 0.117. The average molecular weight is 387 g/mol. The molecule has 0 unspecified atom stereocenters. The molecular weight excluding hydrogens is 374 g/mol. The molecule has 0 spiro atoms. The fraction of sp³-hybridized carbons (Fsp3) is 0.364. The number of hydrogen-bond acceptors (Lipinski definition) is 5. The Morgan fingerprint density at radius 3 is 2.50 bits per heavy atom. The van der Waals surface area contributed by atoms with E-state index in [-0.39, 0.29) is 15.7 Å². The lowest BCUT2D eigenvalue weighted by molar-refractivity contribution is -0.140. The van der Waals surface area contributed by atoms with E-state index in [0.29, 0.717) is 4.47 Å². The largest absolute Gasteiger partial charge is 0.494 e. The average Bonchev–Trinajstić information content (AvgIpc) is 2.37. The van der Waals surface area contributed by atoms with Crippen molar-refractivity contribution in [1.82, 2.24) is 4.31 Å². The van der Waals surface area contributed by atoms with Crippen LogP contribution in [-0.4, -0.2) is 46.5 Å². The maximum Gasteiger partial charge on any atom is 0.321 e. The van der Waals surface area contributed by atoms with Crippen LogP contribution < -0.4 is 4.74 Å². The zero-order valence-corrected chi connectivity index (χ0v) is 14.2. The van der Waals surface area contributed by atoms with E-state index in [2.05, 4.69) is 20.7 Å². The molecule has 112 valence electrons. The Morgan fingerprint density at radius 1 is 1.40 bits per heavy atom. The van der Waals surface area contributed by atoms with E-state index in [0.717, 1.165) is 4.31 Å². The summed E-state index contributed by atoms with van der Waals surface area (Å²) < 4.78 is 35.6. The molecule has 0 atom stereocenters. The Morgan fingerprint density at radius 2 is 2.00 bits per heavy atom. The molecule has 0 N–H and O–H groups in total. The summed E-state index contributed by atoms with van der Waals surface area (Å²) in [6.07, 6.45) is 0. The van der Waals surface area contributed by atoms with Crippen molar-refractivity contribution < 1.29 is 22.7 Å². The Hall–Kier alpha value is -0.830. The zero-order valence-electron chi connectivity index (χ0n) is 11.0. The predicted octanol–water partition coefficient (Wildman–Crippen LogP) is 1.90. The molecule has 6 nitrogen and oxygen atoms in total. The molecule has 0 aromatic heterocycles. The van der Waals surface area contributed by atoms with Gasteiger partial charge in [0.05, 0.1) is 18.7 Å². The lowest BCUT2D eigenvalue weighted by atomic mass is 10.3. The van der Waals surface area contributed by atoms with Crippen LogP contribution in [0.4, 0.5) is 0 Å². The minimum atomic E-state index is -3.94. The molecule has 1 aromatic rings. The molecule has 0 saturated heterocycles. The number of sulfonamides is 1. The Kier molecular flexibility index (Phi) is 5.81. The molecule has 0 aliphatic carbocycles. The van der Waals surface area contributed by atoms with Gasteiger partial charge in [0.15, 0.2) is 5.75 Å². The van der Waals surface area contributed by atoms with Crippen LogP contribution in [0.5, 0.6) is 5.75 Å². The molecule has 9 heteroatoms. The second kappa shape index (κ2) is 6.75. The molecule has 0 saturated carbocycles. The third-order valence-electron chi connectivity index (χ3n) is 2.45. The van der Waals surface area contributed by atoms with Gasteiger partial charge in [-0.05, 0) is 28.1 Å². The molecule has 0 aliphatic heterocycles.